The van der Waals surface area contributed by atoms with Crippen molar-refractivity contribution in [1.29, 1.82) is 0 Å². The lowest BCUT2D eigenvalue weighted by atomic mass is 9.71. The summed E-state index contributed by atoms with van der Waals surface area (Å²) in [7, 11) is 5.87. The van der Waals surface area contributed by atoms with Crippen molar-refractivity contribution >= 4 is 28.4 Å². The molecule has 2 aromatic carbocycles. The van der Waals surface area contributed by atoms with E-state index in [1.165, 1.54) is 25.6 Å². The Kier molecular flexibility index (Phi) is 7.91. The van der Waals surface area contributed by atoms with Gasteiger partial charge in [0.1, 0.15) is 23.1 Å². The number of nitrogens with one attached hydrogen (secondary N) is 2. The molecule has 38 heavy (non-hydrogen) atoms. The fraction of sp³-hybridized carbons (Fsp3) is 0.321. The maximum absolute atomic E-state index is 13.4. The Morgan fingerprint density at radius 3 is 2.39 bits per heavy atom. The minimum absolute atomic E-state index is 0.370. The van der Waals surface area contributed by atoms with Gasteiger partial charge in [-0.25, -0.2) is 9.78 Å². The third-order valence-electron chi connectivity index (χ3n) is 6.69. The molecule has 3 aromatic rings. The maximum atomic E-state index is 13.4. The van der Waals surface area contributed by atoms with Gasteiger partial charge >= 0.3 is 11.9 Å². The van der Waals surface area contributed by atoms with Gasteiger partial charge in [-0.05, 0) is 37.6 Å². The molecule has 0 fully saturated rings. The number of allylic oxidation sites excluding steroid dienone is 1. The van der Waals surface area contributed by atoms with E-state index in [9.17, 15) is 9.59 Å². The van der Waals surface area contributed by atoms with Crippen molar-refractivity contribution in [3.63, 3.8) is 0 Å². The maximum Gasteiger partial charge on any atom is 0.336 e. The number of ether oxygens (including phenoxy) is 4. The molecule has 3 unspecified atom stereocenters. The Morgan fingerprint density at radius 2 is 1.76 bits per heavy atom. The van der Waals surface area contributed by atoms with Crippen LogP contribution in [0, 0.1) is 5.92 Å². The number of benzene rings is 2. The zero-order chi connectivity index (χ0) is 27.4. The van der Waals surface area contributed by atoms with Crippen LogP contribution in [-0.4, -0.2) is 51.0 Å². The van der Waals surface area contributed by atoms with E-state index in [1.54, 1.807) is 21.1 Å². The number of hydrogen-bond donors (Lipinski definition) is 2. The first-order valence-corrected chi connectivity index (χ1v) is 12.8. The van der Waals surface area contributed by atoms with E-state index in [-0.39, 0.29) is 0 Å². The third-order valence-corrected chi connectivity index (χ3v) is 7.45. The molecule has 0 radical (unpaired) electrons. The number of carbonyl (C=O) groups is 2. The number of anilines is 1. The van der Waals surface area contributed by atoms with Crippen LogP contribution in [0.15, 0.2) is 65.2 Å². The number of aromatic nitrogens is 1. The van der Waals surface area contributed by atoms with Crippen LogP contribution >= 0.6 is 11.3 Å². The van der Waals surface area contributed by atoms with Gasteiger partial charge in [0.25, 0.3) is 0 Å². The van der Waals surface area contributed by atoms with Crippen LogP contribution in [0.25, 0.3) is 11.3 Å². The SMILES string of the molecule is COC(=O)C1=C(C)NC(C)(Nc2nc(-c3cc(OC)ccc3OC)cs2)C(C(=O)OC)C1c1ccccc1. The number of nitrogens with zero attached hydrogens (tertiary/aromatic N) is 1. The van der Waals surface area contributed by atoms with Crippen LogP contribution in [0.4, 0.5) is 5.13 Å². The minimum Gasteiger partial charge on any atom is -0.497 e. The lowest BCUT2D eigenvalue weighted by Gasteiger charge is -2.46. The molecule has 200 valence electrons. The number of esters is 2. The molecule has 1 aromatic heterocycles. The number of carbonyl (C=O) groups excluding carboxylic acids is 2. The second-order valence-electron chi connectivity index (χ2n) is 8.98. The van der Waals surface area contributed by atoms with Gasteiger partial charge < -0.3 is 29.6 Å². The standard InChI is InChI=1S/C28H31N3O6S/c1-16-22(25(32)36-5)23(17-10-8-7-9-11-17)24(26(33)37-6)28(2,30-16)31-27-29-20(15-38-27)19-14-18(34-3)12-13-21(19)35-4/h7-15,23-24,30H,1-6H3,(H,29,31). The Bertz CT molecular complexity index is 1360. The van der Waals surface area contributed by atoms with Gasteiger partial charge in [0, 0.05) is 22.6 Å². The molecule has 0 saturated heterocycles. The monoisotopic (exact) mass is 537 g/mol. The summed E-state index contributed by atoms with van der Waals surface area (Å²) in [5.41, 5.74) is 2.14. The zero-order valence-corrected chi connectivity index (χ0v) is 23.0. The topological polar surface area (TPSA) is 108 Å². The minimum atomic E-state index is -1.07. The van der Waals surface area contributed by atoms with Gasteiger partial charge in [0.15, 0.2) is 5.13 Å². The molecule has 0 amide bonds. The molecule has 0 bridgehead atoms. The second-order valence-corrected chi connectivity index (χ2v) is 9.83. The van der Waals surface area contributed by atoms with E-state index >= 15 is 0 Å². The average Bonchev–Trinajstić information content (AvgIpc) is 3.39. The lowest BCUT2D eigenvalue weighted by Crippen LogP contribution is -2.62. The quantitative estimate of drug-likeness (QED) is 0.399. The normalized spacial score (nSPS) is 20.8. The van der Waals surface area contributed by atoms with Crippen molar-refractivity contribution in [2.24, 2.45) is 5.92 Å². The summed E-state index contributed by atoms with van der Waals surface area (Å²) in [6, 6.07) is 14.9. The predicted octanol–water partition coefficient (Wildman–Crippen LogP) is 4.58. The van der Waals surface area contributed by atoms with Crippen molar-refractivity contribution in [3.8, 4) is 22.8 Å². The average molecular weight is 538 g/mol. The summed E-state index contributed by atoms with van der Waals surface area (Å²) < 4.78 is 21.3. The lowest BCUT2D eigenvalue weighted by molar-refractivity contribution is -0.149. The van der Waals surface area contributed by atoms with E-state index in [1.807, 2.05) is 60.8 Å². The van der Waals surface area contributed by atoms with Crippen molar-refractivity contribution < 1.29 is 28.5 Å². The van der Waals surface area contributed by atoms with Crippen molar-refractivity contribution in [3.05, 3.63) is 70.7 Å². The van der Waals surface area contributed by atoms with Crippen LogP contribution in [0.2, 0.25) is 0 Å². The summed E-state index contributed by atoms with van der Waals surface area (Å²) in [5, 5.41) is 9.24. The molecule has 0 saturated carbocycles. The van der Waals surface area contributed by atoms with Crippen LogP contribution in [0.1, 0.15) is 25.3 Å². The number of rotatable bonds is 8. The smallest absolute Gasteiger partial charge is 0.336 e. The summed E-state index contributed by atoms with van der Waals surface area (Å²) in [6.07, 6.45) is 0. The summed E-state index contributed by atoms with van der Waals surface area (Å²) in [5.74, 6) is -1.14. The predicted molar refractivity (Wildman–Crippen MR) is 145 cm³/mol. The highest BCUT2D eigenvalue weighted by Gasteiger charge is 2.52. The van der Waals surface area contributed by atoms with Crippen LogP contribution in [0.3, 0.4) is 0 Å². The highest BCUT2D eigenvalue weighted by molar-refractivity contribution is 7.14. The number of methoxy groups -OCH3 is 4. The second kappa shape index (κ2) is 11.1. The molecule has 4 rings (SSSR count). The fourth-order valence-corrected chi connectivity index (χ4v) is 5.80. The molecule has 2 heterocycles. The fourth-order valence-electron chi connectivity index (χ4n) is 4.98. The molecular weight excluding hydrogens is 506 g/mol. The van der Waals surface area contributed by atoms with E-state index in [2.05, 4.69) is 10.6 Å². The van der Waals surface area contributed by atoms with Gasteiger partial charge in [-0.15, -0.1) is 11.3 Å². The molecule has 3 atom stereocenters. The van der Waals surface area contributed by atoms with Gasteiger partial charge in [-0.1, -0.05) is 30.3 Å². The first-order chi connectivity index (χ1) is 18.3. The molecule has 0 aliphatic carbocycles. The Morgan fingerprint density at radius 1 is 1.03 bits per heavy atom. The van der Waals surface area contributed by atoms with Crippen molar-refractivity contribution in [2.45, 2.75) is 25.4 Å². The van der Waals surface area contributed by atoms with Crippen LogP contribution in [-0.2, 0) is 19.1 Å². The van der Waals surface area contributed by atoms with Gasteiger partial charge in [-0.2, -0.15) is 0 Å². The third kappa shape index (κ3) is 5.04. The molecule has 1 aliphatic heterocycles. The van der Waals surface area contributed by atoms with Crippen LogP contribution in [0.5, 0.6) is 11.5 Å². The van der Waals surface area contributed by atoms with Gasteiger partial charge in [0.2, 0.25) is 0 Å². The molecule has 1 aliphatic rings. The molecule has 2 N–H and O–H groups in total. The summed E-state index contributed by atoms with van der Waals surface area (Å²) >= 11 is 1.38. The molecule has 9 nitrogen and oxygen atoms in total. The van der Waals surface area contributed by atoms with Gasteiger partial charge in [0.05, 0.1) is 39.7 Å². The molecule has 10 heteroatoms. The van der Waals surface area contributed by atoms with Gasteiger partial charge in [-0.3, -0.25) is 4.79 Å². The van der Waals surface area contributed by atoms with E-state index < -0.39 is 29.4 Å². The Balaban J connectivity index is 1.79. The van der Waals surface area contributed by atoms with Crippen molar-refractivity contribution in [1.82, 2.24) is 10.3 Å². The zero-order valence-electron chi connectivity index (χ0n) is 22.2. The summed E-state index contributed by atoms with van der Waals surface area (Å²) in [4.78, 5) is 31.1. The Hall–Kier alpha value is -4.05. The van der Waals surface area contributed by atoms with E-state index in [0.29, 0.717) is 33.6 Å². The highest BCUT2D eigenvalue weighted by Crippen LogP contribution is 2.45. The largest absolute Gasteiger partial charge is 0.497 e. The molecular formula is C28H31N3O6S. The first kappa shape index (κ1) is 27.0. The summed E-state index contributed by atoms with van der Waals surface area (Å²) in [6.45, 7) is 3.65. The van der Waals surface area contributed by atoms with E-state index in [4.69, 9.17) is 23.9 Å². The highest BCUT2D eigenvalue weighted by atomic mass is 32.1. The van der Waals surface area contributed by atoms with Crippen LogP contribution < -0.4 is 20.1 Å². The number of hydrogen-bond acceptors (Lipinski definition) is 10. The van der Waals surface area contributed by atoms with Crippen molar-refractivity contribution in [2.75, 3.05) is 33.8 Å². The first-order valence-electron chi connectivity index (χ1n) is 11.9. The number of thiazole rings is 1. The van der Waals surface area contributed by atoms with E-state index in [0.717, 1.165) is 11.1 Å². The Labute approximate surface area is 225 Å². The molecule has 0 spiro atoms.